The van der Waals surface area contributed by atoms with Gasteiger partial charge in [-0.05, 0) is 12.1 Å². The number of carbonyl (C=O) groups is 2. The molecular weight excluding hydrogens is 404 g/mol. The molecule has 1 amide bonds. The number of anilines is 1. The Morgan fingerprint density at radius 1 is 1.24 bits per heavy atom. The van der Waals surface area contributed by atoms with Crippen molar-refractivity contribution in [2.45, 2.75) is 0 Å². The van der Waals surface area contributed by atoms with Crippen molar-refractivity contribution in [3.8, 4) is 0 Å². The molecule has 0 saturated carbocycles. The van der Waals surface area contributed by atoms with Crippen LogP contribution in [0.25, 0.3) is 0 Å². The number of non-ortho nitro benzene ring substituents is 1. The number of carboxylic acids is 1. The number of hydrogen-bond donors (Lipinski definition) is 2. The smallest absolute Gasteiger partial charge is 0.336 e. The Bertz CT molecular complexity index is 1080. The normalized spacial score (nSPS) is 11.2. The van der Waals surface area contributed by atoms with E-state index in [1.54, 1.807) is 6.07 Å². The summed E-state index contributed by atoms with van der Waals surface area (Å²) in [5, 5.41) is 23.6. The van der Waals surface area contributed by atoms with Crippen molar-refractivity contribution in [1.82, 2.24) is 5.43 Å². The number of carbonyl (C=O) groups excluding carboxylic acids is 1. The van der Waals surface area contributed by atoms with Gasteiger partial charge in [-0.15, -0.1) is 0 Å². The van der Waals surface area contributed by atoms with Crippen LogP contribution in [-0.2, 0) is 14.8 Å². The zero-order chi connectivity index (χ0) is 21.6. The molecule has 11 nitrogen and oxygen atoms in total. The molecule has 0 aliphatic rings. The van der Waals surface area contributed by atoms with Gasteiger partial charge in [-0.1, -0.05) is 24.3 Å². The average Bonchev–Trinajstić information content (AvgIpc) is 2.65. The molecule has 0 aliphatic carbocycles. The number of nitrogens with zero attached hydrogens (tertiary/aromatic N) is 3. The third kappa shape index (κ3) is 5.84. The lowest BCUT2D eigenvalue weighted by Gasteiger charge is -2.21. The minimum absolute atomic E-state index is 0.0279. The van der Waals surface area contributed by atoms with Crippen molar-refractivity contribution in [2.24, 2.45) is 5.10 Å². The number of nitrogens with one attached hydrogen (secondary N) is 1. The lowest BCUT2D eigenvalue weighted by atomic mass is 10.1. The van der Waals surface area contributed by atoms with Gasteiger partial charge in [0.15, 0.2) is 0 Å². The van der Waals surface area contributed by atoms with E-state index < -0.39 is 33.4 Å². The van der Waals surface area contributed by atoms with Crippen LogP contribution in [-0.4, -0.2) is 49.3 Å². The summed E-state index contributed by atoms with van der Waals surface area (Å²) < 4.78 is 24.8. The van der Waals surface area contributed by atoms with E-state index in [-0.39, 0.29) is 22.5 Å². The van der Waals surface area contributed by atoms with Crippen LogP contribution in [0.1, 0.15) is 15.9 Å². The largest absolute Gasteiger partial charge is 0.478 e. The van der Waals surface area contributed by atoms with Crippen molar-refractivity contribution in [3.63, 3.8) is 0 Å². The highest BCUT2D eigenvalue weighted by molar-refractivity contribution is 7.92. The molecule has 2 N–H and O–H groups in total. The predicted molar refractivity (Wildman–Crippen MR) is 104 cm³/mol. The molecule has 12 heteroatoms. The van der Waals surface area contributed by atoms with Gasteiger partial charge in [0.1, 0.15) is 6.54 Å². The van der Waals surface area contributed by atoms with Gasteiger partial charge in [-0.2, -0.15) is 5.10 Å². The summed E-state index contributed by atoms with van der Waals surface area (Å²) >= 11 is 0. The fraction of sp³-hybridized carbons (Fsp3) is 0.118. The van der Waals surface area contributed by atoms with Crippen molar-refractivity contribution in [3.05, 3.63) is 69.8 Å². The molecule has 0 aromatic heterocycles. The quantitative estimate of drug-likeness (QED) is 0.369. The topological polar surface area (TPSA) is 159 Å². The van der Waals surface area contributed by atoms with Crippen LogP contribution in [0.2, 0.25) is 0 Å². The first-order chi connectivity index (χ1) is 13.6. The lowest BCUT2D eigenvalue weighted by molar-refractivity contribution is -0.384. The van der Waals surface area contributed by atoms with Gasteiger partial charge in [0.05, 0.1) is 28.6 Å². The molecule has 0 fully saturated rings. The molecule has 0 spiro atoms. The maximum Gasteiger partial charge on any atom is 0.336 e. The number of aromatic carboxylic acids is 1. The van der Waals surface area contributed by atoms with Crippen molar-refractivity contribution >= 4 is 39.5 Å². The van der Waals surface area contributed by atoms with Gasteiger partial charge in [0.2, 0.25) is 10.0 Å². The number of nitro benzene ring substituents is 1. The summed E-state index contributed by atoms with van der Waals surface area (Å²) in [6.07, 6.45) is 1.96. The van der Waals surface area contributed by atoms with Crippen LogP contribution in [0.3, 0.4) is 0 Å². The van der Waals surface area contributed by atoms with Crippen LogP contribution in [0, 0.1) is 10.1 Å². The average molecular weight is 420 g/mol. The van der Waals surface area contributed by atoms with E-state index in [9.17, 15) is 28.1 Å². The molecule has 29 heavy (non-hydrogen) atoms. The Balaban J connectivity index is 2.17. The van der Waals surface area contributed by atoms with Crippen molar-refractivity contribution in [2.75, 3.05) is 17.1 Å². The Labute approximate surface area is 165 Å². The lowest BCUT2D eigenvalue weighted by Crippen LogP contribution is -2.39. The highest BCUT2D eigenvalue weighted by Gasteiger charge is 2.22. The molecular formula is C17H16N4O7S. The summed E-state index contributed by atoms with van der Waals surface area (Å²) in [5.74, 6) is -2.00. The number of sulfonamides is 1. The second-order valence-electron chi connectivity index (χ2n) is 5.73. The summed E-state index contributed by atoms with van der Waals surface area (Å²) in [7, 11) is -3.93. The third-order valence-corrected chi connectivity index (χ3v) is 4.74. The first-order valence-electron chi connectivity index (χ1n) is 7.96. The molecule has 0 saturated heterocycles. The van der Waals surface area contributed by atoms with E-state index in [4.69, 9.17) is 5.11 Å². The number of carboxylic acid groups (broad SMARTS) is 1. The van der Waals surface area contributed by atoms with Crippen LogP contribution >= 0.6 is 0 Å². The maximum atomic E-state index is 12.1. The van der Waals surface area contributed by atoms with Crippen molar-refractivity contribution in [1.29, 1.82) is 0 Å². The Hall–Kier alpha value is -3.80. The first-order valence-corrected chi connectivity index (χ1v) is 9.81. The zero-order valence-electron chi connectivity index (χ0n) is 15.0. The van der Waals surface area contributed by atoms with E-state index in [1.807, 2.05) is 0 Å². The highest BCUT2D eigenvalue weighted by atomic mass is 32.2. The molecule has 0 unspecified atom stereocenters. The Morgan fingerprint density at radius 2 is 1.93 bits per heavy atom. The molecule has 0 atom stereocenters. The van der Waals surface area contributed by atoms with E-state index in [2.05, 4.69) is 10.5 Å². The first kappa shape index (κ1) is 21.5. The number of benzene rings is 2. The van der Waals surface area contributed by atoms with Crippen LogP contribution < -0.4 is 9.73 Å². The fourth-order valence-electron chi connectivity index (χ4n) is 2.31. The Morgan fingerprint density at radius 3 is 2.55 bits per heavy atom. The van der Waals surface area contributed by atoms with E-state index in [0.717, 1.165) is 18.5 Å². The second-order valence-corrected chi connectivity index (χ2v) is 7.64. The molecule has 0 bridgehead atoms. The standard InChI is InChI=1S/C17H16N4O7S/c1-29(27,28)20(13-6-4-7-14(9-13)21(25)26)11-16(22)19-18-10-12-5-2-3-8-15(12)17(23)24/h2-10H,11H2,1H3,(H,19,22)(H,23,24)/b18-10-. The summed E-state index contributed by atoms with van der Waals surface area (Å²) in [5.41, 5.74) is 1.92. The van der Waals surface area contributed by atoms with Gasteiger partial charge in [0.25, 0.3) is 11.6 Å². The van der Waals surface area contributed by atoms with Crippen molar-refractivity contribution < 1.29 is 28.0 Å². The summed E-state index contributed by atoms with van der Waals surface area (Å²) in [6.45, 7) is -0.683. The van der Waals surface area contributed by atoms with Crippen LogP contribution in [0.4, 0.5) is 11.4 Å². The fourth-order valence-corrected chi connectivity index (χ4v) is 3.15. The van der Waals surface area contributed by atoms with E-state index in [0.29, 0.717) is 4.31 Å². The number of amides is 1. The van der Waals surface area contributed by atoms with Gasteiger partial charge >= 0.3 is 5.97 Å². The highest BCUT2D eigenvalue weighted by Crippen LogP contribution is 2.22. The zero-order valence-corrected chi connectivity index (χ0v) is 15.9. The van der Waals surface area contributed by atoms with E-state index in [1.165, 1.54) is 36.4 Å². The van der Waals surface area contributed by atoms with Gasteiger partial charge in [-0.3, -0.25) is 19.2 Å². The van der Waals surface area contributed by atoms with Crippen LogP contribution in [0.5, 0.6) is 0 Å². The molecule has 0 aliphatic heterocycles. The number of rotatable bonds is 8. The number of nitro groups is 1. The monoisotopic (exact) mass is 420 g/mol. The van der Waals surface area contributed by atoms with Gasteiger partial charge < -0.3 is 5.11 Å². The summed E-state index contributed by atoms with van der Waals surface area (Å²) in [4.78, 5) is 33.5. The van der Waals surface area contributed by atoms with Crippen LogP contribution in [0.15, 0.2) is 53.6 Å². The Kier molecular flexibility index (Phi) is 6.62. The maximum absolute atomic E-state index is 12.1. The van der Waals surface area contributed by atoms with E-state index >= 15 is 0 Å². The summed E-state index contributed by atoms with van der Waals surface area (Å²) in [6, 6.07) is 10.8. The molecule has 2 aromatic carbocycles. The SMILES string of the molecule is CS(=O)(=O)N(CC(=O)N/N=C\c1ccccc1C(=O)O)c1cccc([N+](=O)[O-])c1. The molecule has 0 heterocycles. The minimum Gasteiger partial charge on any atom is -0.478 e. The number of hydrazone groups is 1. The molecule has 152 valence electrons. The minimum atomic E-state index is -3.93. The number of hydrogen-bond acceptors (Lipinski definition) is 7. The van der Waals surface area contributed by atoms with Gasteiger partial charge in [-0.25, -0.2) is 18.6 Å². The second kappa shape index (κ2) is 8.93. The van der Waals surface area contributed by atoms with Gasteiger partial charge in [0, 0.05) is 17.7 Å². The molecule has 2 aromatic rings. The molecule has 0 radical (unpaired) electrons. The third-order valence-electron chi connectivity index (χ3n) is 3.60. The predicted octanol–water partition coefficient (Wildman–Crippen LogP) is 1.21. The molecule has 2 rings (SSSR count).